The zero-order valence-electron chi connectivity index (χ0n) is 18.1. The monoisotopic (exact) mass is 433 g/mol. The zero-order valence-corrected chi connectivity index (χ0v) is 18.1. The van der Waals surface area contributed by atoms with E-state index in [0.717, 1.165) is 29.4 Å². The van der Waals surface area contributed by atoms with Gasteiger partial charge in [-0.3, -0.25) is 14.5 Å². The van der Waals surface area contributed by atoms with Crippen LogP contribution in [0.15, 0.2) is 49.1 Å². The van der Waals surface area contributed by atoms with Crippen molar-refractivity contribution in [3.05, 3.63) is 71.6 Å². The van der Waals surface area contributed by atoms with E-state index in [4.69, 9.17) is 0 Å². The number of benzene rings is 1. The summed E-state index contributed by atoms with van der Waals surface area (Å²) in [6, 6.07) is 6.94. The molecule has 32 heavy (non-hydrogen) atoms. The van der Waals surface area contributed by atoms with Crippen molar-refractivity contribution in [2.45, 2.75) is 39.8 Å². The number of nitrogens with zero attached hydrogens (tertiary/aromatic N) is 5. The van der Waals surface area contributed by atoms with Crippen LogP contribution in [0.4, 0.5) is 15.9 Å². The molecule has 0 aliphatic heterocycles. The number of aryl methyl sites for hydroxylation is 2. The van der Waals surface area contributed by atoms with Crippen LogP contribution >= 0.6 is 0 Å². The number of hydrogen-bond donors (Lipinski definition) is 2. The smallest absolute Gasteiger partial charge is 0.228 e. The molecule has 0 fully saturated rings. The number of halogens is 1. The third-order valence-electron chi connectivity index (χ3n) is 5.12. The van der Waals surface area contributed by atoms with E-state index in [1.165, 1.54) is 12.3 Å². The number of anilines is 2. The predicted octanol–water partition coefficient (Wildman–Crippen LogP) is 4.04. The molecule has 2 N–H and O–H groups in total. The number of amides is 1. The minimum Gasteiger partial charge on any atom is -0.362 e. The Labute approximate surface area is 184 Å². The summed E-state index contributed by atoms with van der Waals surface area (Å²) in [5.74, 6) is -0.0787. The van der Waals surface area contributed by atoms with Crippen LogP contribution in [0.2, 0.25) is 0 Å². The summed E-state index contributed by atoms with van der Waals surface area (Å²) in [5, 5.41) is 10.6. The Morgan fingerprint density at radius 3 is 2.84 bits per heavy atom. The largest absolute Gasteiger partial charge is 0.362 e. The highest BCUT2D eigenvalue weighted by atomic mass is 19.1. The van der Waals surface area contributed by atoms with E-state index in [-0.39, 0.29) is 18.4 Å². The van der Waals surface area contributed by atoms with Crippen molar-refractivity contribution >= 4 is 28.6 Å². The lowest BCUT2D eigenvalue weighted by Gasteiger charge is -2.18. The molecule has 1 aromatic carbocycles. The van der Waals surface area contributed by atoms with Crippen LogP contribution in [-0.4, -0.2) is 30.6 Å². The van der Waals surface area contributed by atoms with Crippen molar-refractivity contribution in [3.63, 3.8) is 0 Å². The second kappa shape index (κ2) is 9.09. The van der Waals surface area contributed by atoms with Gasteiger partial charge < -0.3 is 10.6 Å². The van der Waals surface area contributed by atoms with E-state index in [9.17, 15) is 9.18 Å². The lowest BCUT2D eigenvalue weighted by Crippen LogP contribution is -2.16. The molecule has 4 rings (SSSR count). The van der Waals surface area contributed by atoms with Crippen molar-refractivity contribution in [3.8, 4) is 0 Å². The molecule has 3 aromatic heterocycles. The molecule has 0 saturated heterocycles. The van der Waals surface area contributed by atoms with E-state index in [1.807, 2.05) is 45.2 Å². The first-order valence-corrected chi connectivity index (χ1v) is 10.4. The van der Waals surface area contributed by atoms with Crippen molar-refractivity contribution in [2.75, 3.05) is 10.6 Å². The van der Waals surface area contributed by atoms with Crippen LogP contribution in [0.5, 0.6) is 0 Å². The molecule has 1 atom stereocenters. The van der Waals surface area contributed by atoms with Gasteiger partial charge in [0, 0.05) is 18.4 Å². The Hall–Kier alpha value is -3.88. The van der Waals surface area contributed by atoms with E-state index in [1.54, 1.807) is 10.9 Å². The third kappa shape index (κ3) is 4.88. The minimum absolute atomic E-state index is 0.0434. The van der Waals surface area contributed by atoms with Gasteiger partial charge in [0.15, 0.2) is 0 Å². The molecule has 3 heterocycles. The first-order valence-electron chi connectivity index (χ1n) is 10.4. The molecule has 8 nitrogen and oxygen atoms in total. The second-order valence-corrected chi connectivity index (χ2v) is 7.62. The fourth-order valence-electron chi connectivity index (χ4n) is 3.50. The van der Waals surface area contributed by atoms with Gasteiger partial charge >= 0.3 is 0 Å². The molecule has 0 spiro atoms. The molecular formula is C23H24FN7O. The summed E-state index contributed by atoms with van der Waals surface area (Å²) in [7, 11) is 0. The average Bonchev–Trinajstić information content (AvgIpc) is 3.17. The Balaban J connectivity index is 1.47. The van der Waals surface area contributed by atoms with Crippen LogP contribution in [0, 0.1) is 12.7 Å². The first kappa shape index (κ1) is 21.4. The topological polar surface area (TPSA) is 97.6 Å². The minimum atomic E-state index is -0.462. The fraction of sp³-hybridized carbons (Fsp3) is 0.261. The first-order chi connectivity index (χ1) is 15.4. The predicted molar refractivity (Wildman–Crippen MR) is 121 cm³/mol. The maximum absolute atomic E-state index is 13.3. The Morgan fingerprint density at radius 1 is 1.22 bits per heavy atom. The van der Waals surface area contributed by atoms with E-state index >= 15 is 0 Å². The number of pyridine rings is 1. The van der Waals surface area contributed by atoms with Crippen LogP contribution in [0.3, 0.4) is 0 Å². The maximum Gasteiger partial charge on any atom is 0.228 e. The summed E-state index contributed by atoms with van der Waals surface area (Å²) in [5.41, 5.74) is 4.60. The average molecular weight is 433 g/mol. The maximum atomic E-state index is 13.3. The van der Waals surface area contributed by atoms with Crippen LogP contribution in [-0.2, 0) is 17.8 Å². The third-order valence-corrected chi connectivity index (χ3v) is 5.12. The van der Waals surface area contributed by atoms with Crippen molar-refractivity contribution in [1.29, 1.82) is 0 Å². The number of aromatic nitrogens is 5. The Morgan fingerprint density at radius 2 is 2.06 bits per heavy atom. The lowest BCUT2D eigenvalue weighted by atomic mass is 10.0. The lowest BCUT2D eigenvalue weighted by molar-refractivity contribution is -0.115. The SMILES string of the molecule is CCn1cc2ncc(N[C@@H](C)c3cc(NC(=O)Cc4cncc(F)c4)ccc3C)nc2n1. The number of fused-ring (bicyclic) bond motifs is 1. The molecule has 4 aromatic rings. The van der Waals surface area contributed by atoms with Crippen molar-refractivity contribution < 1.29 is 9.18 Å². The molecule has 0 unspecified atom stereocenters. The summed E-state index contributed by atoms with van der Waals surface area (Å²) >= 11 is 0. The van der Waals surface area contributed by atoms with E-state index < -0.39 is 5.82 Å². The normalized spacial score (nSPS) is 12.0. The van der Waals surface area contributed by atoms with Gasteiger partial charge in [-0.1, -0.05) is 6.07 Å². The van der Waals surface area contributed by atoms with Gasteiger partial charge in [-0.25, -0.2) is 14.4 Å². The van der Waals surface area contributed by atoms with Crippen LogP contribution in [0.25, 0.3) is 11.2 Å². The van der Waals surface area contributed by atoms with Gasteiger partial charge in [-0.15, -0.1) is 0 Å². The quantitative estimate of drug-likeness (QED) is 0.456. The summed E-state index contributed by atoms with van der Waals surface area (Å²) in [4.78, 5) is 25.2. The molecule has 9 heteroatoms. The molecule has 0 radical (unpaired) electrons. The summed E-state index contributed by atoms with van der Waals surface area (Å²) in [6.45, 7) is 6.79. The zero-order chi connectivity index (χ0) is 22.7. The van der Waals surface area contributed by atoms with E-state index in [2.05, 4.69) is 30.7 Å². The van der Waals surface area contributed by atoms with Gasteiger partial charge in [0.1, 0.15) is 17.2 Å². The molecular weight excluding hydrogens is 409 g/mol. The molecule has 0 saturated carbocycles. The van der Waals surface area contributed by atoms with Gasteiger partial charge in [0.25, 0.3) is 0 Å². The van der Waals surface area contributed by atoms with Gasteiger partial charge in [0.2, 0.25) is 11.6 Å². The molecule has 0 aliphatic rings. The molecule has 0 aliphatic carbocycles. The van der Waals surface area contributed by atoms with Gasteiger partial charge in [0.05, 0.1) is 31.1 Å². The Bertz CT molecular complexity index is 1270. The number of hydrogen-bond acceptors (Lipinski definition) is 6. The number of carbonyl (C=O) groups is 1. The highest BCUT2D eigenvalue weighted by Gasteiger charge is 2.13. The number of rotatable bonds is 7. The van der Waals surface area contributed by atoms with Gasteiger partial charge in [-0.05, 0) is 55.7 Å². The molecule has 164 valence electrons. The number of carbonyl (C=O) groups excluding carboxylic acids is 1. The van der Waals surface area contributed by atoms with Crippen molar-refractivity contribution in [1.82, 2.24) is 24.7 Å². The Kier molecular flexibility index (Phi) is 6.07. The highest BCUT2D eigenvalue weighted by Crippen LogP contribution is 2.25. The van der Waals surface area contributed by atoms with Crippen molar-refractivity contribution in [2.24, 2.45) is 0 Å². The van der Waals surface area contributed by atoms with Gasteiger partial charge in [-0.2, -0.15) is 5.10 Å². The van der Waals surface area contributed by atoms with Crippen LogP contribution < -0.4 is 10.6 Å². The summed E-state index contributed by atoms with van der Waals surface area (Å²) < 4.78 is 15.1. The molecule has 0 bridgehead atoms. The standard InChI is InChI=1S/C23H24FN7O/c1-4-31-13-20-23(30-31)29-21(12-26-20)27-15(3)19-9-18(6-5-14(19)2)28-22(32)8-16-7-17(24)11-25-10-16/h5-7,9-13,15H,4,8H2,1-3H3,(H,28,32)(H,27,29,30)/t15-/m0/s1. The van der Waals surface area contributed by atoms with Crippen LogP contribution in [0.1, 0.15) is 36.6 Å². The fourth-order valence-corrected chi connectivity index (χ4v) is 3.50. The molecule has 1 amide bonds. The summed E-state index contributed by atoms with van der Waals surface area (Å²) in [6.07, 6.45) is 6.19. The van der Waals surface area contributed by atoms with E-state index in [0.29, 0.717) is 22.7 Å². The number of nitrogens with one attached hydrogen (secondary N) is 2. The highest BCUT2D eigenvalue weighted by molar-refractivity contribution is 5.92. The second-order valence-electron chi connectivity index (χ2n) is 7.62.